The van der Waals surface area contributed by atoms with E-state index in [1.165, 1.54) is 5.57 Å². The lowest BCUT2D eigenvalue weighted by Gasteiger charge is -1.81. The van der Waals surface area contributed by atoms with Crippen LogP contribution in [0.1, 0.15) is 62.3 Å². The highest BCUT2D eigenvalue weighted by Crippen LogP contribution is 1.91. The molecule has 0 fully saturated rings. The average Bonchev–Trinajstić information content (AvgIpc) is 2.27. The van der Waals surface area contributed by atoms with E-state index < -0.39 is 0 Å². The highest BCUT2D eigenvalue weighted by atomic mass is 13.8. The van der Waals surface area contributed by atoms with Gasteiger partial charge in [-0.15, -0.1) is 0 Å². The second-order valence-electron chi connectivity index (χ2n) is 1.53. The van der Waals surface area contributed by atoms with Gasteiger partial charge in [0, 0.05) is 0 Å². The zero-order valence-electron chi connectivity index (χ0n) is 11.2. The Hall–Kier alpha value is -0.520. The van der Waals surface area contributed by atoms with E-state index in [9.17, 15) is 0 Å². The molecule has 0 atom stereocenters. The molecule has 0 aliphatic carbocycles. The molecule has 0 rings (SSSR count). The van der Waals surface area contributed by atoms with Crippen molar-refractivity contribution in [1.82, 2.24) is 0 Å². The third-order valence-electron chi connectivity index (χ3n) is 0.885. The fourth-order valence-electron chi connectivity index (χ4n) is 0.359. The monoisotopic (exact) mass is 186 g/mol. The van der Waals surface area contributed by atoms with Crippen LogP contribution >= 0.6 is 0 Å². The van der Waals surface area contributed by atoms with Crippen LogP contribution in [0.2, 0.25) is 0 Å². The van der Waals surface area contributed by atoms with E-state index >= 15 is 0 Å². The molecule has 0 N–H and O–H groups in total. The number of allylic oxidation sites excluding steroid dienone is 4. The lowest BCUT2D eigenvalue weighted by molar-refractivity contribution is 1.46. The predicted molar refractivity (Wildman–Crippen MR) is 68.3 cm³/mol. The molecule has 13 heavy (non-hydrogen) atoms. The van der Waals surface area contributed by atoms with Gasteiger partial charge in [0.2, 0.25) is 0 Å². The summed E-state index contributed by atoms with van der Waals surface area (Å²) in [6.45, 7) is 18.1. The van der Waals surface area contributed by atoms with Crippen LogP contribution in [0, 0.1) is 0 Å². The van der Waals surface area contributed by atoms with Gasteiger partial charge in [0.15, 0.2) is 0 Å². The van der Waals surface area contributed by atoms with Gasteiger partial charge in [-0.2, -0.15) is 0 Å². The third kappa shape index (κ3) is 51.4. The molecule has 0 bridgehead atoms. The molecule has 0 aliphatic rings. The Kier molecular flexibility index (Phi) is 73.9. The van der Waals surface area contributed by atoms with E-state index in [-0.39, 0.29) is 0 Å². The minimum Gasteiger partial charge on any atom is -0.0874 e. The van der Waals surface area contributed by atoms with Crippen LogP contribution in [-0.4, -0.2) is 0 Å². The first-order chi connectivity index (χ1) is 6.31. The molecular weight excluding hydrogens is 156 g/mol. The van der Waals surface area contributed by atoms with Gasteiger partial charge in [-0.05, 0) is 20.8 Å². The maximum atomic E-state index is 2.08. The van der Waals surface area contributed by atoms with E-state index in [4.69, 9.17) is 0 Å². The van der Waals surface area contributed by atoms with E-state index in [1.807, 2.05) is 61.5 Å². The van der Waals surface area contributed by atoms with Crippen LogP contribution in [0.3, 0.4) is 0 Å². The summed E-state index contributed by atoms with van der Waals surface area (Å²) in [4.78, 5) is 0. The van der Waals surface area contributed by atoms with E-state index in [2.05, 4.69) is 19.1 Å². The van der Waals surface area contributed by atoms with Gasteiger partial charge in [-0.3, -0.25) is 0 Å². The van der Waals surface area contributed by atoms with Crippen molar-refractivity contribution >= 4 is 0 Å². The summed E-state index contributed by atoms with van der Waals surface area (Å²) in [6, 6.07) is 0. The fraction of sp³-hybridized carbons (Fsp3) is 0.692. The number of rotatable bonds is 1. The minimum atomic E-state index is 1.32. The number of hydrogen-bond donors (Lipinski definition) is 0. The van der Waals surface area contributed by atoms with E-state index in [1.54, 1.807) is 0 Å². The highest BCUT2D eigenvalue weighted by molar-refractivity contribution is 5.13. The summed E-state index contributed by atoms with van der Waals surface area (Å²) in [5.41, 5.74) is 1.32. The smallest absolute Gasteiger partial charge is 0.0401 e. The van der Waals surface area contributed by atoms with Gasteiger partial charge in [0.05, 0.1) is 0 Å². The van der Waals surface area contributed by atoms with Crippen LogP contribution in [0.4, 0.5) is 0 Å². The Balaban J connectivity index is -0.0000000573. The van der Waals surface area contributed by atoms with Crippen molar-refractivity contribution < 1.29 is 0 Å². The molecule has 0 aromatic heterocycles. The average molecular weight is 186 g/mol. The summed E-state index contributed by atoms with van der Waals surface area (Å²) in [7, 11) is 0. The summed E-state index contributed by atoms with van der Waals surface area (Å²) in [5.74, 6) is 0. The summed E-state index contributed by atoms with van der Waals surface area (Å²) >= 11 is 0. The first-order valence-electron chi connectivity index (χ1n) is 5.57. The predicted octanol–water partition coefficient (Wildman–Crippen LogP) is 5.61. The first kappa shape index (κ1) is 22.9. The van der Waals surface area contributed by atoms with Gasteiger partial charge in [0.1, 0.15) is 0 Å². The molecule has 0 saturated heterocycles. The molecule has 0 spiro atoms. The molecule has 0 heterocycles. The molecular formula is C13H30. The molecule has 0 amide bonds. The Morgan fingerprint density at radius 2 is 1.08 bits per heavy atom. The maximum Gasteiger partial charge on any atom is -0.0401 e. The van der Waals surface area contributed by atoms with Gasteiger partial charge < -0.3 is 0 Å². The van der Waals surface area contributed by atoms with Crippen LogP contribution < -0.4 is 0 Å². The molecule has 0 aromatic rings. The van der Waals surface area contributed by atoms with Crippen molar-refractivity contribution in [3.63, 3.8) is 0 Å². The Bertz CT molecular complexity index is 86.2. The molecule has 0 aliphatic heterocycles. The van der Waals surface area contributed by atoms with Gasteiger partial charge >= 0.3 is 0 Å². The van der Waals surface area contributed by atoms with Crippen LogP contribution in [0.5, 0.6) is 0 Å². The van der Waals surface area contributed by atoms with Crippen LogP contribution in [0.25, 0.3) is 0 Å². The van der Waals surface area contributed by atoms with Gasteiger partial charge in [0.25, 0.3) is 0 Å². The Morgan fingerprint density at radius 1 is 0.769 bits per heavy atom. The summed E-state index contributed by atoms with van der Waals surface area (Å²) in [5, 5.41) is 0. The summed E-state index contributed by atoms with van der Waals surface area (Å²) < 4.78 is 0. The van der Waals surface area contributed by atoms with Crippen molar-refractivity contribution in [2.75, 3.05) is 0 Å². The molecule has 82 valence electrons. The maximum absolute atomic E-state index is 2.08. The van der Waals surface area contributed by atoms with Crippen molar-refractivity contribution in [2.45, 2.75) is 62.3 Å². The van der Waals surface area contributed by atoms with Crippen molar-refractivity contribution in [3.8, 4) is 0 Å². The Labute approximate surface area is 86.8 Å². The lowest BCUT2D eigenvalue weighted by atomic mass is 10.3. The van der Waals surface area contributed by atoms with E-state index in [0.29, 0.717) is 0 Å². The minimum absolute atomic E-state index is 1.32. The highest BCUT2D eigenvalue weighted by Gasteiger charge is 1.69. The topological polar surface area (TPSA) is 0 Å². The lowest BCUT2D eigenvalue weighted by Crippen LogP contribution is -1.60. The van der Waals surface area contributed by atoms with Gasteiger partial charge in [-0.1, -0.05) is 65.3 Å². The van der Waals surface area contributed by atoms with Crippen LogP contribution in [0.15, 0.2) is 23.8 Å². The van der Waals surface area contributed by atoms with Crippen molar-refractivity contribution in [3.05, 3.63) is 23.8 Å². The Morgan fingerprint density at radius 3 is 1.15 bits per heavy atom. The fourth-order valence-corrected chi connectivity index (χ4v) is 0.359. The van der Waals surface area contributed by atoms with Crippen LogP contribution in [-0.2, 0) is 0 Å². The molecule has 0 radical (unpaired) electrons. The second-order valence-corrected chi connectivity index (χ2v) is 1.53. The number of hydrogen-bond acceptors (Lipinski definition) is 0. The molecule has 0 saturated carbocycles. The largest absolute Gasteiger partial charge is 0.0874 e. The molecule has 0 nitrogen and oxygen atoms in total. The standard InChI is InChI=1S/C7H12.3C2H6/c1-4-6-7(3)5-2;3*1-2/h4-6H,1-3H3;3*1-2H3/b6-4-,7-5-;;;. The zero-order valence-corrected chi connectivity index (χ0v) is 11.2. The first-order valence-corrected chi connectivity index (χ1v) is 5.57. The zero-order chi connectivity index (χ0) is 11.7. The van der Waals surface area contributed by atoms with E-state index in [0.717, 1.165) is 0 Å². The quantitative estimate of drug-likeness (QED) is 0.467. The SMILES string of the molecule is C/C=C\C(C)=C/C.CC.CC.CC. The van der Waals surface area contributed by atoms with Crippen molar-refractivity contribution in [1.29, 1.82) is 0 Å². The second kappa shape index (κ2) is 42.0. The normalized spacial score (nSPS) is 8.54. The molecule has 0 aromatic carbocycles. The third-order valence-corrected chi connectivity index (χ3v) is 0.885. The van der Waals surface area contributed by atoms with Crippen molar-refractivity contribution in [2.24, 2.45) is 0 Å². The molecule has 0 unspecified atom stereocenters. The molecule has 0 heteroatoms. The van der Waals surface area contributed by atoms with Gasteiger partial charge in [-0.25, -0.2) is 0 Å². The summed E-state index contributed by atoms with van der Waals surface area (Å²) in [6.07, 6.45) is 6.20.